The number of hydrogen-bond acceptors (Lipinski definition) is 9. The molecule has 0 aliphatic carbocycles. The lowest BCUT2D eigenvalue weighted by atomic mass is 10.0. The summed E-state index contributed by atoms with van der Waals surface area (Å²) >= 11 is 0. The third-order valence-corrected chi connectivity index (χ3v) is 8.40. The van der Waals surface area contributed by atoms with E-state index in [0.29, 0.717) is 18.7 Å². The lowest BCUT2D eigenvalue weighted by Gasteiger charge is -2.42. The van der Waals surface area contributed by atoms with E-state index in [2.05, 4.69) is 10.6 Å². The van der Waals surface area contributed by atoms with Crippen LogP contribution in [0.4, 0.5) is 0 Å². The van der Waals surface area contributed by atoms with Crippen molar-refractivity contribution in [3.05, 3.63) is 30.3 Å². The first-order valence-corrected chi connectivity index (χ1v) is 14.2. The average molecular weight is 574 g/mol. The number of aliphatic hydroxyl groups excluding tert-OH is 2. The minimum Gasteiger partial charge on any atom is -0.484 e. The number of likely N-dealkylation sites (tertiary alicyclic amines) is 1. The lowest BCUT2D eigenvalue weighted by Crippen LogP contribution is -2.64. The van der Waals surface area contributed by atoms with Gasteiger partial charge in [0.05, 0.1) is 25.1 Å². The second kappa shape index (κ2) is 12.3. The molecule has 224 valence electrons. The largest absolute Gasteiger partial charge is 0.484 e. The van der Waals surface area contributed by atoms with Crippen molar-refractivity contribution in [2.24, 2.45) is 0 Å². The molecule has 4 N–H and O–H groups in total. The van der Waals surface area contributed by atoms with Crippen LogP contribution in [0.1, 0.15) is 26.7 Å². The van der Waals surface area contributed by atoms with Crippen LogP contribution >= 0.6 is 0 Å². The molecule has 13 nitrogen and oxygen atoms in total. The van der Waals surface area contributed by atoms with E-state index in [1.165, 1.54) is 4.90 Å². The Morgan fingerprint density at radius 1 is 1.05 bits per heavy atom. The number of para-hydroxylation sites is 1. The van der Waals surface area contributed by atoms with Crippen molar-refractivity contribution in [2.45, 2.75) is 75.3 Å². The van der Waals surface area contributed by atoms with Gasteiger partial charge in [-0.3, -0.25) is 24.1 Å². The van der Waals surface area contributed by atoms with Crippen LogP contribution in [0.15, 0.2) is 30.3 Å². The van der Waals surface area contributed by atoms with Crippen molar-refractivity contribution in [3.63, 3.8) is 0 Å². The van der Waals surface area contributed by atoms with Crippen LogP contribution in [0.3, 0.4) is 0 Å². The fourth-order valence-corrected chi connectivity index (χ4v) is 6.19. The van der Waals surface area contributed by atoms with Gasteiger partial charge in [0.25, 0.3) is 5.91 Å². The molecule has 5 rings (SSSR count). The van der Waals surface area contributed by atoms with Gasteiger partial charge in [0.15, 0.2) is 6.61 Å². The number of amides is 4. The zero-order valence-corrected chi connectivity index (χ0v) is 23.3. The standard InChI is InChI=1S/C28H39N5O8/c1-16(2)33-13-17-10-19(33)28(39)31-8-9-32(24(35)15-40-18-6-4-3-5-7-18)20(14-31)27(38)29-12-22-26(37)25(36)21(41-22)11-23(34)30-17/h3-7,16-17,19-22,25-26,36-37H,8-15H2,1-2H3,(H,29,38)(H,30,34)/t17-,19-,20-,21-,22+,25-,26+/m0/s1. The number of benzene rings is 1. The Labute approximate surface area is 238 Å². The molecule has 6 bridgehead atoms. The van der Waals surface area contributed by atoms with Gasteiger partial charge in [-0.2, -0.15) is 0 Å². The molecule has 4 heterocycles. The first-order valence-electron chi connectivity index (χ1n) is 14.2. The van der Waals surface area contributed by atoms with Crippen LogP contribution in [-0.2, 0) is 23.9 Å². The van der Waals surface area contributed by atoms with Crippen molar-refractivity contribution < 1.29 is 38.9 Å². The van der Waals surface area contributed by atoms with E-state index in [9.17, 15) is 29.4 Å². The molecule has 7 atom stereocenters. The summed E-state index contributed by atoms with van der Waals surface area (Å²) in [7, 11) is 0. The van der Waals surface area contributed by atoms with E-state index in [-0.39, 0.29) is 63.1 Å². The molecule has 0 spiro atoms. The summed E-state index contributed by atoms with van der Waals surface area (Å²) in [4.78, 5) is 58.5. The van der Waals surface area contributed by atoms with Gasteiger partial charge in [-0.25, -0.2) is 0 Å². The van der Waals surface area contributed by atoms with Crippen molar-refractivity contribution in [1.29, 1.82) is 0 Å². The van der Waals surface area contributed by atoms with E-state index in [1.807, 2.05) is 24.8 Å². The number of ether oxygens (including phenoxy) is 2. The maximum Gasteiger partial charge on any atom is 0.261 e. The normalized spacial score (nSPS) is 33.1. The molecule has 13 heteroatoms. The van der Waals surface area contributed by atoms with Gasteiger partial charge in [0.1, 0.15) is 30.1 Å². The highest BCUT2D eigenvalue weighted by Gasteiger charge is 2.47. The van der Waals surface area contributed by atoms with Gasteiger partial charge in [-0.05, 0) is 32.4 Å². The molecule has 4 aliphatic rings. The second-order valence-electron chi connectivity index (χ2n) is 11.4. The fourth-order valence-electron chi connectivity index (χ4n) is 6.19. The van der Waals surface area contributed by atoms with Gasteiger partial charge in [-0.15, -0.1) is 0 Å². The first-order chi connectivity index (χ1) is 19.6. The Bertz CT molecular complexity index is 1140. The van der Waals surface area contributed by atoms with E-state index < -0.39 is 48.3 Å². The number of fused-ring (bicyclic) bond motifs is 6. The Balaban J connectivity index is 1.38. The number of aliphatic hydroxyl groups is 2. The summed E-state index contributed by atoms with van der Waals surface area (Å²) < 4.78 is 11.4. The number of nitrogens with zero attached hydrogens (tertiary/aromatic N) is 3. The number of carbonyl (C=O) groups excluding carboxylic acids is 4. The topological polar surface area (TPSA) is 161 Å². The molecule has 41 heavy (non-hydrogen) atoms. The molecule has 4 aliphatic heterocycles. The second-order valence-corrected chi connectivity index (χ2v) is 11.4. The van der Waals surface area contributed by atoms with Gasteiger partial charge in [0.2, 0.25) is 17.7 Å². The van der Waals surface area contributed by atoms with Crippen molar-refractivity contribution in [3.8, 4) is 5.75 Å². The smallest absolute Gasteiger partial charge is 0.261 e. The minimum atomic E-state index is -1.31. The van der Waals surface area contributed by atoms with Crippen LogP contribution < -0.4 is 15.4 Å². The molecule has 0 saturated carbocycles. The van der Waals surface area contributed by atoms with E-state index >= 15 is 0 Å². The average Bonchev–Trinajstić information content (AvgIpc) is 3.50. The van der Waals surface area contributed by atoms with Gasteiger partial charge in [0, 0.05) is 38.3 Å². The molecule has 4 saturated heterocycles. The number of carbonyl (C=O) groups is 4. The van der Waals surface area contributed by atoms with Gasteiger partial charge >= 0.3 is 0 Å². The summed E-state index contributed by atoms with van der Waals surface area (Å²) in [5.41, 5.74) is 0. The van der Waals surface area contributed by atoms with Gasteiger partial charge < -0.3 is 40.1 Å². The lowest BCUT2D eigenvalue weighted by molar-refractivity contribution is -0.151. The Kier molecular flexibility index (Phi) is 8.78. The van der Waals surface area contributed by atoms with E-state index in [1.54, 1.807) is 29.2 Å². The summed E-state index contributed by atoms with van der Waals surface area (Å²) in [6.45, 7) is 4.39. The highest BCUT2D eigenvalue weighted by molar-refractivity contribution is 5.90. The maximum atomic E-state index is 13.8. The molecular weight excluding hydrogens is 534 g/mol. The third kappa shape index (κ3) is 6.32. The summed E-state index contributed by atoms with van der Waals surface area (Å²) in [6.07, 6.45) is -4.28. The summed E-state index contributed by atoms with van der Waals surface area (Å²) in [6, 6.07) is 7.13. The van der Waals surface area contributed by atoms with Gasteiger partial charge in [-0.1, -0.05) is 18.2 Å². The predicted octanol–water partition coefficient (Wildman–Crippen LogP) is -1.92. The highest BCUT2D eigenvalue weighted by Crippen LogP contribution is 2.27. The molecule has 4 fully saturated rings. The van der Waals surface area contributed by atoms with Crippen molar-refractivity contribution >= 4 is 23.6 Å². The zero-order valence-electron chi connectivity index (χ0n) is 23.3. The molecule has 0 unspecified atom stereocenters. The number of rotatable bonds is 4. The predicted molar refractivity (Wildman–Crippen MR) is 144 cm³/mol. The van der Waals surface area contributed by atoms with Crippen LogP contribution in [0.2, 0.25) is 0 Å². The summed E-state index contributed by atoms with van der Waals surface area (Å²) in [5, 5.41) is 26.8. The SMILES string of the molecule is CC(C)N1C[C@@H]2C[C@H]1C(=O)N1CCN(C(=O)COc3ccccc3)[C@@H](C1)C(=O)NC[C@H]1O[C@@H](CC(=O)N2)[C@H](O)[C@@H]1O. The van der Waals surface area contributed by atoms with Crippen LogP contribution in [0, 0.1) is 0 Å². The minimum absolute atomic E-state index is 0.0134. The number of nitrogens with one attached hydrogen (secondary N) is 2. The molecule has 4 amide bonds. The first kappa shape index (κ1) is 29.2. The number of hydrogen-bond donors (Lipinski definition) is 4. The fraction of sp³-hybridized carbons (Fsp3) is 0.643. The molecular formula is C28H39N5O8. The monoisotopic (exact) mass is 573 g/mol. The Morgan fingerprint density at radius 2 is 1.78 bits per heavy atom. The highest BCUT2D eigenvalue weighted by atomic mass is 16.5. The van der Waals surface area contributed by atoms with Crippen LogP contribution in [0.5, 0.6) is 5.75 Å². The molecule has 0 aromatic heterocycles. The van der Waals surface area contributed by atoms with Crippen molar-refractivity contribution in [1.82, 2.24) is 25.3 Å². The zero-order chi connectivity index (χ0) is 29.3. The molecule has 1 aromatic carbocycles. The molecule has 0 radical (unpaired) electrons. The van der Waals surface area contributed by atoms with E-state index in [4.69, 9.17) is 9.47 Å². The Hall–Kier alpha value is -3.26. The quantitative estimate of drug-likeness (QED) is 0.322. The summed E-state index contributed by atoms with van der Waals surface area (Å²) in [5.74, 6) is -0.879. The Morgan fingerprint density at radius 3 is 2.51 bits per heavy atom. The maximum absolute atomic E-state index is 13.8. The van der Waals surface area contributed by atoms with E-state index in [0.717, 1.165) is 0 Å². The van der Waals surface area contributed by atoms with Crippen LogP contribution in [0.25, 0.3) is 0 Å². The van der Waals surface area contributed by atoms with Crippen molar-refractivity contribution in [2.75, 3.05) is 39.3 Å². The van der Waals surface area contributed by atoms with Crippen LogP contribution in [-0.4, -0.2) is 136 Å². The molecule has 1 aromatic rings. The third-order valence-electron chi connectivity index (χ3n) is 8.40. The number of piperazine rings is 1.